The molecule has 3 unspecified atom stereocenters. The minimum atomic E-state index is -0.520. The third-order valence-corrected chi connectivity index (χ3v) is 11.5. The fraction of sp³-hybridized carbons (Fsp3) is 0.585. The molecule has 2 aliphatic carbocycles. The molecule has 6 rings (SSSR count). The van der Waals surface area contributed by atoms with Crippen molar-refractivity contribution in [3.63, 3.8) is 0 Å². The largest absolute Gasteiger partial charge is 0.483 e. The van der Waals surface area contributed by atoms with E-state index >= 15 is 0 Å². The number of amides is 3. The first kappa shape index (κ1) is 44.5. The maximum absolute atomic E-state index is 12.9. The molecule has 2 aromatic rings. The van der Waals surface area contributed by atoms with Gasteiger partial charge in [0.25, 0.3) is 12.4 Å². The van der Waals surface area contributed by atoms with Crippen LogP contribution in [0.3, 0.4) is 0 Å². The molecule has 3 heterocycles. The number of pyridine rings is 1. The summed E-state index contributed by atoms with van der Waals surface area (Å²) >= 11 is 1.56. The number of likely N-dealkylation sites (N-methyl/N-ethyl adjacent to an activating group) is 1. The number of para-hydroxylation sites is 1. The van der Waals surface area contributed by atoms with Gasteiger partial charge in [-0.15, -0.1) is 0 Å². The van der Waals surface area contributed by atoms with Crippen molar-refractivity contribution in [1.29, 1.82) is 0 Å². The molecule has 2 saturated carbocycles. The van der Waals surface area contributed by atoms with Gasteiger partial charge >= 0.3 is 6.03 Å². The Morgan fingerprint density at radius 1 is 1.13 bits per heavy atom. The second-order valence-electron chi connectivity index (χ2n) is 14.6. The molecule has 4 atom stereocenters. The maximum Gasteiger partial charge on any atom is 0.318 e. The van der Waals surface area contributed by atoms with Crippen molar-refractivity contribution >= 4 is 47.5 Å². The molecule has 1 aromatic carbocycles. The van der Waals surface area contributed by atoms with E-state index in [1.54, 1.807) is 16.8 Å². The average Bonchev–Trinajstić information content (AvgIpc) is 4.12. The number of aromatic nitrogens is 1. The van der Waals surface area contributed by atoms with Gasteiger partial charge in [-0.25, -0.2) is 9.78 Å². The van der Waals surface area contributed by atoms with Crippen molar-refractivity contribution in [2.45, 2.75) is 127 Å². The summed E-state index contributed by atoms with van der Waals surface area (Å²) in [6, 6.07) is 7.42. The Balaban J connectivity index is 0.000000275. The van der Waals surface area contributed by atoms with E-state index in [1.165, 1.54) is 50.5 Å². The van der Waals surface area contributed by atoms with Gasteiger partial charge < -0.3 is 35.3 Å². The molecule has 54 heavy (non-hydrogen) atoms. The number of hydrogen-bond donors (Lipinski definition) is 5. The summed E-state index contributed by atoms with van der Waals surface area (Å²) in [7, 11) is 2.81. The summed E-state index contributed by atoms with van der Waals surface area (Å²) in [6.07, 6.45) is 20.7. The number of allylic oxidation sites excluding steroid dienone is 3. The summed E-state index contributed by atoms with van der Waals surface area (Å²) in [6.45, 7) is 8.59. The molecule has 4 aliphatic rings. The lowest BCUT2D eigenvalue weighted by Gasteiger charge is -2.36. The molecule has 298 valence electrons. The molecule has 2 aliphatic heterocycles. The van der Waals surface area contributed by atoms with Crippen LogP contribution in [0.4, 0.5) is 4.79 Å². The van der Waals surface area contributed by atoms with E-state index < -0.39 is 11.6 Å². The smallest absolute Gasteiger partial charge is 0.318 e. The van der Waals surface area contributed by atoms with Crippen LogP contribution in [-0.4, -0.2) is 94.0 Å². The number of fused-ring (bicyclic) bond motifs is 3. The molecule has 3 amide bonds. The molecule has 3 fully saturated rings. The first-order valence-corrected chi connectivity index (χ1v) is 19.9. The van der Waals surface area contributed by atoms with E-state index in [4.69, 9.17) is 24.7 Å². The third-order valence-electron chi connectivity index (χ3n) is 10.3. The molecular formula is C41H61N5O7S. The lowest BCUT2D eigenvalue weighted by Crippen LogP contribution is -2.49. The Labute approximate surface area is 325 Å². The van der Waals surface area contributed by atoms with Crippen LogP contribution in [0.15, 0.2) is 48.6 Å². The quantitative estimate of drug-likeness (QED) is 0.0677. The Hall–Kier alpha value is -3.94. The standard InChI is InChI=1S/C23H27N3O3.C16H28N2OS.CH2O2.CH4O/c1-14(16-7-8-16)25-22(28)26-13-23(11-17(26)12-27)10-9-19-18-5-3-4-6-20(18)24-15(2)21(19)29-23;1-4-5-6-7-8-9-10-11-14(17-3)15(19)18-20-16(2)12-13-16;2-1-3;1-2/h3-6,12,14,16-17H,7-11,13H2,1-2H3,(H,25,28);8-11,14,17H,4-7,12-13H2,1-3H3,(H,18,19);1H,(H,2,3);2H,1H3/b;9-8-,11-10?;;/t14?,17?,23-;;;/m1.../s1. The SMILES string of the molecule is CCCCC/C=C\C=CC(NC)C(=O)NSC1(C)CC1.CO.Cc1nc2ccccc2c2c1O[C@]1(CC2)CC(C=O)N(C(=O)NC(C)C2CC2)C1.O=CO. The van der Waals surface area contributed by atoms with Crippen molar-refractivity contribution < 1.29 is 34.1 Å². The first-order chi connectivity index (χ1) is 26.0. The highest BCUT2D eigenvalue weighted by molar-refractivity contribution is 7.99. The number of ether oxygens (including phenoxy) is 1. The van der Waals surface area contributed by atoms with Crippen molar-refractivity contribution in [2.75, 3.05) is 20.7 Å². The van der Waals surface area contributed by atoms with E-state index in [0.717, 1.165) is 55.0 Å². The van der Waals surface area contributed by atoms with Crippen molar-refractivity contribution in [3.05, 3.63) is 59.8 Å². The van der Waals surface area contributed by atoms with Gasteiger partial charge in [0.15, 0.2) is 0 Å². The van der Waals surface area contributed by atoms with Gasteiger partial charge in [0, 0.05) is 35.3 Å². The normalized spacial score (nSPS) is 21.6. The predicted octanol–water partition coefficient (Wildman–Crippen LogP) is 6.28. The number of carbonyl (C=O) groups is 4. The van der Waals surface area contributed by atoms with Gasteiger partial charge in [0.2, 0.25) is 0 Å². The minimum Gasteiger partial charge on any atom is -0.483 e. The maximum atomic E-state index is 12.9. The van der Waals surface area contributed by atoms with Gasteiger partial charge in [-0.1, -0.05) is 62.3 Å². The minimum absolute atomic E-state index is 0.0289. The summed E-state index contributed by atoms with van der Waals surface area (Å²) in [5.74, 6) is 1.43. The lowest BCUT2D eigenvalue weighted by atomic mass is 9.87. The second kappa shape index (κ2) is 21.8. The monoisotopic (exact) mass is 767 g/mol. The summed E-state index contributed by atoms with van der Waals surface area (Å²) in [4.78, 5) is 51.4. The fourth-order valence-electron chi connectivity index (χ4n) is 6.67. The number of hydrogen-bond acceptors (Lipinski definition) is 9. The molecule has 5 N–H and O–H groups in total. The molecule has 0 radical (unpaired) electrons. The highest BCUT2D eigenvalue weighted by Gasteiger charge is 2.50. The van der Waals surface area contributed by atoms with Crippen molar-refractivity contribution in [2.24, 2.45) is 5.92 Å². The number of aliphatic hydroxyl groups is 1. The predicted molar refractivity (Wildman–Crippen MR) is 216 cm³/mol. The first-order valence-electron chi connectivity index (χ1n) is 19.1. The Morgan fingerprint density at radius 2 is 1.83 bits per heavy atom. The second-order valence-corrected chi connectivity index (χ2v) is 16.0. The molecule has 0 bridgehead atoms. The van der Waals surface area contributed by atoms with Crippen LogP contribution in [0.2, 0.25) is 0 Å². The van der Waals surface area contributed by atoms with Gasteiger partial charge in [-0.05, 0) is 103 Å². The molecule has 13 heteroatoms. The van der Waals surface area contributed by atoms with E-state index in [9.17, 15) is 14.4 Å². The highest BCUT2D eigenvalue weighted by atomic mass is 32.2. The molecule has 1 aromatic heterocycles. The Kier molecular flexibility index (Phi) is 18.0. The molecule has 1 spiro atoms. The number of unbranched alkanes of at least 4 members (excludes halogenated alkanes) is 3. The molecule has 1 saturated heterocycles. The molecular weight excluding hydrogens is 707 g/mol. The highest BCUT2D eigenvalue weighted by Crippen LogP contribution is 2.46. The van der Waals surface area contributed by atoms with Crippen molar-refractivity contribution in [3.8, 4) is 5.75 Å². The van der Waals surface area contributed by atoms with E-state index in [2.05, 4.69) is 41.3 Å². The Bertz CT molecular complexity index is 1590. The number of carboxylic acid groups (broad SMARTS) is 1. The summed E-state index contributed by atoms with van der Waals surface area (Å²) in [5, 5.41) is 21.1. The van der Waals surface area contributed by atoms with Crippen LogP contribution in [0, 0.1) is 12.8 Å². The fourth-order valence-corrected chi connectivity index (χ4v) is 7.45. The van der Waals surface area contributed by atoms with E-state index in [0.29, 0.717) is 18.9 Å². The number of nitrogens with zero attached hydrogens (tertiary/aromatic N) is 2. The van der Waals surface area contributed by atoms with Gasteiger partial charge in [-0.3, -0.25) is 14.3 Å². The van der Waals surface area contributed by atoms with Gasteiger partial charge in [0.1, 0.15) is 23.7 Å². The summed E-state index contributed by atoms with van der Waals surface area (Å²) < 4.78 is 9.77. The number of benzene rings is 1. The number of nitrogens with one attached hydrogen (secondary N) is 3. The zero-order valence-corrected chi connectivity index (χ0v) is 33.6. The van der Waals surface area contributed by atoms with Crippen LogP contribution in [0.25, 0.3) is 10.9 Å². The van der Waals surface area contributed by atoms with Crippen LogP contribution < -0.4 is 20.1 Å². The number of likely N-dealkylation sites (tertiary alicyclic amines) is 1. The number of aryl methyl sites for hydroxylation is 2. The number of rotatable bonds is 13. The van der Waals surface area contributed by atoms with E-state index in [1.807, 2.05) is 57.3 Å². The number of urea groups is 1. The van der Waals surface area contributed by atoms with Crippen molar-refractivity contribution in [1.82, 2.24) is 25.2 Å². The van der Waals surface area contributed by atoms with Crippen LogP contribution >= 0.6 is 11.9 Å². The summed E-state index contributed by atoms with van der Waals surface area (Å²) in [5.41, 5.74) is 2.51. The van der Waals surface area contributed by atoms with Gasteiger partial charge in [-0.2, -0.15) is 0 Å². The zero-order valence-electron chi connectivity index (χ0n) is 32.8. The third kappa shape index (κ3) is 12.8. The Morgan fingerprint density at radius 3 is 2.46 bits per heavy atom. The number of aldehydes is 1. The topological polar surface area (TPSA) is 170 Å². The molecule has 12 nitrogen and oxygen atoms in total. The lowest BCUT2D eigenvalue weighted by molar-refractivity contribution is -0.123. The number of aliphatic hydroxyl groups excluding tert-OH is 1. The van der Waals surface area contributed by atoms with Crippen LogP contribution in [-0.2, 0) is 20.8 Å². The zero-order chi connectivity index (χ0) is 39.7. The van der Waals surface area contributed by atoms with Gasteiger partial charge in [0.05, 0.1) is 23.8 Å². The van der Waals surface area contributed by atoms with Crippen LogP contribution in [0.1, 0.15) is 96.2 Å². The van der Waals surface area contributed by atoms with Crippen LogP contribution in [0.5, 0.6) is 5.75 Å². The number of carbonyl (C=O) groups excluding carboxylic acids is 3. The average molecular weight is 768 g/mol. The van der Waals surface area contributed by atoms with E-state index in [-0.39, 0.29) is 35.2 Å².